The Hall–Kier alpha value is -3.22. The summed E-state index contributed by atoms with van der Waals surface area (Å²) in [6.07, 6.45) is 6.73. The van der Waals surface area contributed by atoms with Crippen molar-refractivity contribution in [2.24, 2.45) is 12.8 Å². The third kappa shape index (κ3) is 1.76. The number of imidazole rings is 2. The molecule has 3 heterocycles. The molecule has 1 aromatic carbocycles. The largest absolute Gasteiger partial charge is 0.364 e. The van der Waals surface area contributed by atoms with E-state index in [1.165, 1.54) is 0 Å². The molecule has 0 unspecified atom stereocenters. The number of carbonyl (C=O) groups excluding carboxylic acids is 1. The molecule has 22 heavy (non-hydrogen) atoms. The number of nitrogens with two attached hydrogens (primary N) is 1. The Bertz CT molecular complexity index is 1030. The lowest BCUT2D eigenvalue weighted by molar-refractivity contribution is 0.0996. The highest BCUT2D eigenvalue weighted by Crippen LogP contribution is 2.24. The number of primary amides is 1. The Morgan fingerprint density at radius 3 is 2.95 bits per heavy atom. The molecule has 0 bridgehead atoms. The molecule has 108 valence electrons. The maximum atomic E-state index is 11.3. The summed E-state index contributed by atoms with van der Waals surface area (Å²) in [5, 5.41) is 0. The van der Waals surface area contributed by atoms with Gasteiger partial charge in [0.15, 0.2) is 5.65 Å². The average Bonchev–Trinajstić information content (AvgIpc) is 3.11. The van der Waals surface area contributed by atoms with Crippen LogP contribution in [0.4, 0.5) is 0 Å². The molecule has 2 N–H and O–H groups in total. The Labute approximate surface area is 125 Å². The first kappa shape index (κ1) is 12.5. The van der Waals surface area contributed by atoms with Crippen molar-refractivity contribution in [2.75, 3.05) is 0 Å². The van der Waals surface area contributed by atoms with Crippen molar-refractivity contribution in [3.8, 4) is 11.3 Å². The number of aromatic nitrogens is 5. The smallest absolute Gasteiger partial charge is 0.268 e. The minimum absolute atomic E-state index is 0.218. The van der Waals surface area contributed by atoms with Crippen molar-refractivity contribution in [3.63, 3.8) is 0 Å². The first-order chi connectivity index (χ1) is 10.6. The minimum Gasteiger partial charge on any atom is -0.364 e. The van der Waals surface area contributed by atoms with Gasteiger partial charge in [0.2, 0.25) is 0 Å². The lowest BCUT2D eigenvalue weighted by Crippen LogP contribution is -2.10. The van der Waals surface area contributed by atoms with Crippen LogP contribution in [0.1, 0.15) is 10.5 Å². The summed E-state index contributed by atoms with van der Waals surface area (Å²) in [4.78, 5) is 24.0. The summed E-state index contributed by atoms with van der Waals surface area (Å²) >= 11 is 0. The van der Waals surface area contributed by atoms with E-state index in [1.54, 1.807) is 24.9 Å². The van der Waals surface area contributed by atoms with Gasteiger partial charge in [-0.25, -0.2) is 9.97 Å². The van der Waals surface area contributed by atoms with E-state index in [-0.39, 0.29) is 5.69 Å². The number of hydrogen-bond donors (Lipinski definition) is 1. The van der Waals surface area contributed by atoms with Crippen LogP contribution in [0.3, 0.4) is 0 Å². The highest BCUT2D eigenvalue weighted by Gasteiger charge is 2.12. The van der Waals surface area contributed by atoms with E-state index in [4.69, 9.17) is 5.73 Å². The SMILES string of the molecule is Cn1cnc2ccc(-c3cncc4nc(C(N)=O)cn34)cc21. The number of amides is 1. The van der Waals surface area contributed by atoms with E-state index in [0.29, 0.717) is 5.65 Å². The van der Waals surface area contributed by atoms with Gasteiger partial charge in [-0.15, -0.1) is 0 Å². The van der Waals surface area contributed by atoms with Crippen molar-refractivity contribution in [3.05, 3.63) is 48.8 Å². The van der Waals surface area contributed by atoms with E-state index in [0.717, 1.165) is 22.3 Å². The maximum absolute atomic E-state index is 11.3. The number of benzene rings is 1. The molecule has 0 spiro atoms. The molecular weight excluding hydrogens is 280 g/mol. The Kier molecular flexibility index (Phi) is 2.50. The van der Waals surface area contributed by atoms with Crippen LogP contribution in [0, 0.1) is 0 Å². The zero-order valence-electron chi connectivity index (χ0n) is 11.8. The van der Waals surface area contributed by atoms with Crippen LogP contribution in [0.2, 0.25) is 0 Å². The molecule has 0 aliphatic carbocycles. The van der Waals surface area contributed by atoms with E-state index in [2.05, 4.69) is 15.0 Å². The van der Waals surface area contributed by atoms with Gasteiger partial charge in [-0.3, -0.25) is 14.2 Å². The third-order valence-electron chi connectivity index (χ3n) is 3.65. The number of aryl methyl sites for hydroxylation is 1. The second kappa shape index (κ2) is 4.39. The highest BCUT2D eigenvalue weighted by atomic mass is 16.1. The van der Waals surface area contributed by atoms with Crippen LogP contribution in [-0.4, -0.2) is 29.8 Å². The average molecular weight is 292 g/mol. The van der Waals surface area contributed by atoms with Gasteiger partial charge in [0.05, 0.1) is 35.4 Å². The van der Waals surface area contributed by atoms with Crippen LogP contribution in [0.25, 0.3) is 27.9 Å². The molecule has 0 radical (unpaired) electrons. The van der Waals surface area contributed by atoms with Crippen molar-refractivity contribution < 1.29 is 4.79 Å². The molecule has 0 atom stereocenters. The van der Waals surface area contributed by atoms with Gasteiger partial charge in [0.1, 0.15) is 5.69 Å². The molecule has 0 aliphatic rings. The van der Waals surface area contributed by atoms with E-state index in [1.807, 2.05) is 34.2 Å². The lowest BCUT2D eigenvalue weighted by atomic mass is 10.1. The molecule has 7 nitrogen and oxygen atoms in total. The summed E-state index contributed by atoms with van der Waals surface area (Å²) in [6, 6.07) is 5.95. The molecule has 7 heteroatoms. The standard InChI is InChI=1S/C15H12N6O/c1-20-8-18-10-3-2-9(4-12(10)20)13-5-17-6-14-19-11(15(16)22)7-21(13)14/h2-8H,1H3,(H2,16,22). The topological polar surface area (TPSA) is 91.1 Å². The van der Waals surface area contributed by atoms with Crippen LogP contribution in [-0.2, 0) is 7.05 Å². The summed E-state index contributed by atoms with van der Waals surface area (Å²) < 4.78 is 3.76. The Morgan fingerprint density at radius 2 is 2.14 bits per heavy atom. The van der Waals surface area contributed by atoms with Crippen LogP contribution in [0.15, 0.2) is 43.1 Å². The highest BCUT2D eigenvalue weighted by molar-refractivity contribution is 5.91. The molecule has 3 aromatic heterocycles. The summed E-state index contributed by atoms with van der Waals surface area (Å²) in [6.45, 7) is 0. The molecule has 1 amide bonds. The predicted octanol–water partition coefficient (Wildman–Crippen LogP) is 1.38. The molecular formula is C15H12N6O. The second-order valence-electron chi connectivity index (χ2n) is 5.07. The van der Waals surface area contributed by atoms with Crippen molar-refractivity contribution in [2.45, 2.75) is 0 Å². The van der Waals surface area contributed by atoms with Crippen LogP contribution < -0.4 is 5.73 Å². The van der Waals surface area contributed by atoms with Crippen LogP contribution in [0.5, 0.6) is 0 Å². The van der Waals surface area contributed by atoms with Crippen molar-refractivity contribution in [1.82, 2.24) is 23.9 Å². The Morgan fingerprint density at radius 1 is 1.27 bits per heavy atom. The second-order valence-corrected chi connectivity index (χ2v) is 5.07. The van der Waals surface area contributed by atoms with Crippen LogP contribution >= 0.6 is 0 Å². The molecule has 0 saturated carbocycles. The predicted molar refractivity (Wildman–Crippen MR) is 81.2 cm³/mol. The fraction of sp³-hybridized carbons (Fsp3) is 0.0667. The van der Waals surface area contributed by atoms with Crippen molar-refractivity contribution >= 4 is 22.6 Å². The molecule has 0 saturated heterocycles. The minimum atomic E-state index is -0.559. The summed E-state index contributed by atoms with van der Waals surface area (Å²) in [5.41, 5.74) is 9.84. The normalized spacial score (nSPS) is 11.3. The first-order valence-electron chi connectivity index (χ1n) is 6.68. The zero-order chi connectivity index (χ0) is 15.3. The van der Waals surface area contributed by atoms with E-state index in [9.17, 15) is 4.79 Å². The molecule has 4 rings (SSSR count). The maximum Gasteiger partial charge on any atom is 0.268 e. The Balaban J connectivity index is 1.98. The first-order valence-corrected chi connectivity index (χ1v) is 6.68. The monoisotopic (exact) mass is 292 g/mol. The summed E-state index contributed by atoms with van der Waals surface area (Å²) in [7, 11) is 1.94. The number of rotatable bonds is 2. The van der Waals surface area contributed by atoms with Gasteiger partial charge in [-0.2, -0.15) is 0 Å². The lowest BCUT2D eigenvalue weighted by Gasteiger charge is -2.05. The van der Waals surface area contributed by atoms with E-state index < -0.39 is 5.91 Å². The van der Waals surface area contributed by atoms with Crippen molar-refractivity contribution in [1.29, 1.82) is 0 Å². The van der Waals surface area contributed by atoms with E-state index >= 15 is 0 Å². The third-order valence-corrected chi connectivity index (χ3v) is 3.65. The van der Waals surface area contributed by atoms with Gasteiger partial charge in [-0.05, 0) is 12.1 Å². The van der Waals surface area contributed by atoms with Gasteiger partial charge in [0.25, 0.3) is 5.91 Å². The number of nitrogens with zero attached hydrogens (tertiary/aromatic N) is 5. The zero-order valence-corrected chi connectivity index (χ0v) is 11.8. The fourth-order valence-electron chi connectivity index (χ4n) is 2.53. The van der Waals surface area contributed by atoms with Gasteiger partial charge in [0, 0.05) is 18.8 Å². The fourth-order valence-corrected chi connectivity index (χ4v) is 2.53. The summed E-state index contributed by atoms with van der Waals surface area (Å²) in [5.74, 6) is -0.559. The molecule has 0 fully saturated rings. The quantitative estimate of drug-likeness (QED) is 0.604. The van der Waals surface area contributed by atoms with Gasteiger partial charge < -0.3 is 10.3 Å². The number of hydrogen-bond acceptors (Lipinski definition) is 4. The van der Waals surface area contributed by atoms with Gasteiger partial charge >= 0.3 is 0 Å². The molecule has 4 aromatic rings. The number of carbonyl (C=O) groups is 1. The van der Waals surface area contributed by atoms with Gasteiger partial charge in [-0.1, -0.05) is 6.07 Å². The molecule has 0 aliphatic heterocycles. The number of fused-ring (bicyclic) bond motifs is 2.